The van der Waals surface area contributed by atoms with Gasteiger partial charge in [0.25, 0.3) is 0 Å². The van der Waals surface area contributed by atoms with Gasteiger partial charge in [-0.1, -0.05) is 25.1 Å². The van der Waals surface area contributed by atoms with E-state index in [1.165, 1.54) is 0 Å². The number of rotatable bonds is 4. The topological polar surface area (TPSA) is 78.9 Å². The number of aromatic carboxylic acids is 1. The van der Waals surface area contributed by atoms with Crippen LogP contribution in [0.4, 0.5) is 0 Å². The van der Waals surface area contributed by atoms with Crippen LogP contribution in [-0.4, -0.2) is 20.6 Å². The predicted molar refractivity (Wildman–Crippen MR) is 87.1 cm³/mol. The molecule has 0 unspecified atom stereocenters. The molecule has 0 radical (unpaired) electrons. The Balaban J connectivity index is 2.31. The van der Waals surface area contributed by atoms with Gasteiger partial charge < -0.3 is 9.67 Å². The molecule has 3 aromatic rings. The van der Waals surface area contributed by atoms with Crippen LogP contribution in [0.25, 0.3) is 22.4 Å². The molecule has 114 valence electrons. The van der Waals surface area contributed by atoms with Crippen molar-refractivity contribution < 1.29 is 9.90 Å². The second-order valence-corrected chi connectivity index (χ2v) is 5.25. The lowest BCUT2D eigenvalue weighted by Gasteiger charge is -2.09. The van der Waals surface area contributed by atoms with Gasteiger partial charge in [-0.15, -0.1) is 0 Å². The fraction of sp³-hybridized carbons (Fsp3) is 0.167. The third-order valence-corrected chi connectivity index (χ3v) is 3.72. The molecule has 1 aromatic heterocycles. The van der Waals surface area contributed by atoms with Gasteiger partial charge in [0, 0.05) is 12.1 Å². The van der Waals surface area contributed by atoms with Crippen LogP contribution < -0.4 is 0 Å². The van der Waals surface area contributed by atoms with E-state index in [4.69, 9.17) is 5.26 Å². The summed E-state index contributed by atoms with van der Waals surface area (Å²) in [5.74, 6) is -0.358. The first-order valence-corrected chi connectivity index (χ1v) is 7.38. The maximum atomic E-state index is 11.5. The molecule has 0 aliphatic carbocycles. The van der Waals surface area contributed by atoms with Gasteiger partial charge >= 0.3 is 5.97 Å². The molecular weight excluding hydrogens is 290 g/mol. The molecule has 0 spiro atoms. The zero-order chi connectivity index (χ0) is 16.4. The van der Waals surface area contributed by atoms with Crippen LogP contribution in [0.2, 0.25) is 0 Å². The van der Waals surface area contributed by atoms with Gasteiger partial charge in [-0.05, 0) is 30.7 Å². The fourth-order valence-corrected chi connectivity index (χ4v) is 2.72. The number of benzene rings is 2. The Morgan fingerprint density at radius 2 is 2.09 bits per heavy atom. The Morgan fingerprint density at radius 1 is 1.30 bits per heavy atom. The summed E-state index contributed by atoms with van der Waals surface area (Å²) in [6.45, 7) is 2.79. The van der Waals surface area contributed by atoms with Crippen LogP contribution in [0, 0.1) is 11.3 Å². The number of hydrogen-bond donors (Lipinski definition) is 1. The minimum Gasteiger partial charge on any atom is -0.478 e. The molecule has 0 saturated heterocycles. The molecule has 0 atom stereocenters. The van der Waals surface area contributed by atoms with Crippen LogP contribution in [0.1, 0.15) is 29.3 Å². The SMILES string of the molecule is CCCn1c(-c2ccccc2C(=O)O)nc2cc(C#N)ccc21. The third-order valence-electron chi connectivity index (χ3n) is 3.72. The van der Waals surface area contributed by atoms with Crippen molar-refractivity contribution in [2.24, 2.45) is 0 Å². The van der Waals surface area contributed by atoms with Gasteiger partial charge in [0.1, 0.15) is 5.82 Å². The Labute approximate surface area is 133 Å². The van der Waals surface area contributed by atoms with E-state index >= 15 is 0 Å². The number of nitriles is 1. The average molecular weight is 305 g/mol. The molecule has 0 amide bonds. The van der Waals surface area contributed by atoms with Crippen molar-refractivity contribution in [3.63, 3.8) is 0 Å². The molecule has 1 heterocycles. The molecule has 0 aliphatic rings. The van der Waals surface area contributed by atoms with Crippen LogP contribution in [-0.2, 0) is 6.54 Å². The standard InChI is InChI=1S/C18H15N3O2/c1-2-9-21-16-8-7-12(11-19)10-15(16)20-17(21)13-5-3-4-6-14(13)18(22)23/h3-8,10H,2,9H2,1H3,(H,22,23). The summed E-state index contributed by atoms with van der Waals surface area (Å²) in [6, 6.07) is 14.3. The first kappa shape index (κ1) is 14.8. The number of fused-ring (bicyclic) bond motifs is 1. The van der Waals surface area contributed by atoms with E-state index in [1.54, 1.807) is 36.4 Å². The second kappa shape index (κ2) is 5.93. The molecule has 0 bridgehead atoms. The van der Waals surface area contributed by atoms with E-state index in [0.717, 1.165) is 18.5 Å². The first-order valence-electron chi connectivity index (χ1n) is 7.38. The molecule has 0 fully saturated rings. The van der Waals surface area contributed by atoms with Crippen LogP contribution in [0.15, 0.2) is 42.5 Å². The monoisotopic (exact) mass is 305 g/mol. The van der Waals surface area contributed by atoms with E-state index in [1.807, 2.05) is 10.6 Å². The van der Waals surface area contributed by atoms with Gasteiger partial charge in [0.15, 0.2) is 0 Å². The Bertz CT molecular complexity index is 935. The highest BCUT2D eigenvalue weighted by Crippen LogP contribution is 2.28. The Hall–Kier alpha value is -3.13. The molecule has 5 nitrogen and oxygen atoms in total. The minimum atomic E-state index is -0.978. The Kier molecular flexibility index (Phi) is 3.82. The summed E-state index contributed by atoms with van der Waals surface area (Å²) in [5, 5.41) is 18.5. The highest BCUT2D eigenvalue weighted by atomic mass is 16.4. The maximum absolute atomic E-state index is 11.5. The molecule has 0 aliphatic heterocycles. The van der Waals surface area contributed by atoms with Gasteiger partial charge in [-0.2, -0.15) is 5.26 Å². The number of carbonyl (C=O) groups is 1. The molecule has 2 aromatic carbocycles. The fourth-order valence-electron chi connectivity index (χ4n) is 2.72. The van der Waals surface area contributed by atoms with Crippen LogP contribution in [0.3, 0.4) is 0 Å². The molecular formula is C18H15N3O2. The number of nitrogens with zero attached hydrogens (tertiary/aromatic N) is 3. The van der Waals surface area contributed by atoms with Crippen LogP contribution in [0.5, 0.6) is 0 Å². The quantitative estimate of drug-likeness (QED) is 0.797. The van der Waals surface area contributed by atoms with E-state index in [2.05, 4.69) is 18.0 Å². The minimum absolute atomic E-state index is 0.223. The molecule has 5 heteroatoms. The van der Waals surface area contributed by atoms with E-state index < -0.39 is 5.97 Å². The van der Waals surface area contributed by atoms with Crippen molar-refractivity contribution in [2.45, 2.75) is 19.9 Å². The molecule has 1 N–H and O–H groups in total. The number of aromatic nitrogens is 2. The van der Waals surface area contributed by atoms with Crippen LogP contribution >= 0.6 is 0 Å². The summed E-state index contributed by atoms with van der Waals surface area (Å²) >= 11 is 0. The van der Waals surface area contributed by atoms with Crippen molar-refractivity contribution in [3.8, 4) is 17.5 Å². The third kappa shape index (κ3) is 2.55. The highest BCUT2D eigenvalue weighted by Gasteiger charge is 2.18. The predicted octanol–water partition coefficient (Wildman–Crippen LogP) is 3.68. The van der Waals surface area contributed by atoms with Crippen molar-refractivity contribution in [1.82, 2.24) is 9.55 Å². The lowest BCUT2D eigenvalue weighted by atomic mass is 10.1. The second-order valence-electron chi connectivity index (χ2n) is 5.25. The number of hydrogen-bond acceptors (Lipinski definition) is 3. The largest absolute Gasteiger partial charge is 0.478 e. The van der Waals surface area contributed by atoms with Gasteiger partial charge in [-0.25, -0.2) is 9.78 Å². The van der Waals surface area contributed by atoms with Gasteiger partial charge in [0.05, 0.1) is 28.2 Å². The normalized spacial score (nSPS) is 10.6. The number of carboxylic acids is 1. The maximum Gasteiger partial charge on any atom is 0.336 e. The zero-order valence-corrected chi connectivity index (χ0v) is 12.7. The van der Waals surface area contributed by atoms with E-state index in [0.29, 0.717) is 22.5 Å². The lowest BCUT2D eigenvalue weighted by molar-refractivity contribution is 0.0697. The summed E-state index contributed by atoms with van der Waals surface area (Å²) in [4.78, 5) is 16.1. The van der Waals surface area contributed by atoms with E-state index in [9.17, 15) is 9.90 Å². The number of aryl methyl sites for hydroxylation is 1. The first-order chi connectivity index (χ1) is 11.2. The summed E-state index contributed by atoms with van der Waals surface area (Å²) in [7, 11) is 0. The van der Waals surface area contributed by atoms with Crippen molar-refractivity contribution in [2.75, 3.05) is 0 Å². The average Bonchev–Trinajstić information content (AvgIpc) is 2.92. The van der Waals surface area contributed by atoms with E-state index in [-0.39, 0.29) is 5.56 Å². The van der Waals surface area contributed by atoms with Gasteiger partial charge in [0.2, 0.25) is 0 Å². The summed E-state index contributed by atoms with van der Waals surface area (Å²) < 4.78 is 2.01. The van der Waals surface area contributed by atoms with Crippen molar-refractivity contribution in [1.29, 1.82) is 5.26 Å². The molecule has 3 rings (SSSR count). The Morgan fingerprint density at radius 3 is 2.78 bits per heavy atom. The molecule has 23 heavy (non-hydrogen) atoms. The van der Waals surface area contributed by atoms with Crippen molar-refractivity contribution in [3.05, 3.63) is 53.6 Å². The smallest absolute Gasteiger partial charge is 0.336 e. The highest BCUT2D eigenvalue weighted by molar-refractivity contribution is 5.96. The summed E-state index contributed by atoms with van der Waals surface area (Å²) in [6.07, 6.45) is 0.897. The lowest BCUT2D eigenvalue weighted by Crippen LogP contribution is -2.04. The number of imidazole rings is 1. The van der Waals surface area contributed by atoms with Gasteiger partial charge in [-0.3, -0.25) is 0 Å². The summed E-state index contributed by atoms with van der Waals surface area (Å²) in [5.41, 5.74) is 2.95. The molecule has 0 saturated carbocycles. The zero-order valence-electron chi connectivity index (χ0n) is 12.7. The number of carboxylic acid groups (broad SMARTS) is 1. The van der Waals surface area contributed by atoms with Crippen molar-refractivity contribution >= 4 is 17.0 Å².